The first-order valence-corrected chi connectivity index (χ1v) is 11.7. The molecule has 3 aromatic carbocycles. The molecule has 3 nitrogen and oxygen atoms in total. The lowest BCUT2D eigenvalue weighted by atomic mass is 9.87. The number of aromatic nitrogens is 1. The molecular formula is C28H27ClN2O. The molecule has 0 aliphatic heterocycles. The number of halogens is 1. The van der Waals surface area contributed by atoms with Crippen LogP contribution in [0.25, 0.3) is 10.9 Å². The van der Waals surface area contributed by atoms with Crippen LogP contribution in [-0.4, -0.2) is 10.5 Å². The minimum atomic E-state index is 0.120. The van der Waals surface area contributed by atoms with E-state index in [-0.39, 0.29) is 11.9 Å². The number of carbonyl (C=O) groups is 1. The van der Waals surface area contributed by atoms with Gasteiger partial charge in [0.15, 0.2) is 0 Å². The van der Waals surface area contributed by atoms with Crippen LogP contribution in [0.1, 0.15) is 47.6 Å². The van der Waals surface area contributed by atoms with Crippen molar-refractivity contribution in [3.05, 3.63) is 106 Å². The van der Waals surface area contributed by atoms with Gasteiger partial charge in [-0.3, -0.25) is 4.79 Å². The molecule has 4 heteroatoms. The Bertz CT molecular complexity index is 1260. The molecule has 1 amide bonds. The Morgan fingerprint density at radius 1 is 0.969 bits per heavy atom. The Morgan fingerprint density at radius 2 is 1.75 bits per heavy atom. The highest BCUT2D eigenvalue weighted by atomic mass is 35.5. The lowest BCUT2D eigenvalue weighted by Gasteiger charge is -2.26. The largest absolute Gasteiger partial charge is 0.349 e. The third kappa shape index (κ3) is 4.31. The summed E-state index contributed by atoms with van der Waals surface area (Å²) in [7, 11) is 0. The number of hydrogen-bond acceptors (Lipinski definition) is 1. The van der Waals surface area contributed by atoms with Gasteiger partial charge in [-0.05, 0) is 60.1 Å². The number of aryl methyl sites for hydroxylation is 2. The zero-order valence-electron chi connectivity index (χ0n) is 18.1. The van der Waals surface area contributed by atoms with Crippen molar-refractivity contribution in [3.8, 4) is 0 Å². The van der Waals surface area contributed by atoms with Crippen molar-refractivity contribution in [2.75, 3.05) is 0 Å². The number of fused-ring (bicyclic) bond motifs is 2. The molecule has 4 aromatic rings. The zero-order chi connectivity index (χ0) is 21.9. The van der Waals surface area contributed by atoms with Crippen LogP contribution >= 0.6 is 11.6 Å². The van der Waals surface area contributed by atoms with Crippen LogP contribution < -0.4 is 5.32 Å². The molecule has 0 fully saturated rings. The summed E-state index contributed by atoms with van der Waals surface area (Å²) in [6, 6.07) is 25.0. The lowest BCUT2D eigenvalue weighted by Crippen LogP contribution is -2.31. The van der Waals surface area contributed by atoms with E-state index in [1.165, 1.54) is 27.6 Å². The maximum absolute atomic E-state index is 12.8. The van der Waals surface area contributed by atoms with Crippen LogP contribution in [0.2, 0.25) is 5.02 Å². The van der Waals surface area contributed by atoms with Crippen LogP contribution in [0.5, 0.6) is 0 Å². The van der Waals surface area contributed by atoms with Gasteiger partial charge >= 0.3 is 0 Å². The summed E-state index contributed by atoms with van der Waals surface area (Å²) < 4.78 is 2.24. The van der Waals surface area contributed by atoms with Crippen molar-refractivity contribution in [2.24, 2.45) is 0 Å². The van der Waals surface area contributed by atoms with Gasteiger partial charge in [-0.25, -0.2) is 0 Å². The van der Waals surface area contributed by atoms with E-state index in [1.54, 1.807) is 0 Å². The Labute approximate surface area is 194 Å². The van der Waals surface area contributed by atoms with Gasteiger partial charge in [-0.15, -0.1) is 0 Å². The second-order valence-corrected chi connectivity index (χ2v) is 9.01. The highest BCUT2D eigenvalue weighted by molar-refractivity contribution is 6.31. The van der Waals surface area contributed by atoms with Crippen LogP contribution in [0.4, 0.5) is 0 Å². The third-order valence-electron chi connectivity index (χ3n) is 6.50. The highest BCUT2D eigenvalue weighted by Gasteiger charge is 2.21. The van der Waals surface area contributed by atoms with E-state index >= 15 is 0 Å². The number of carbonyl (C=O) groups excluding carboxylic acids is 1. The number of para-hydroxylation sites is 1. The predicted molar refractivity (Wildman–Crippen MR) is 131 cm³/mol. The van der Waals surface area contributed by atoms with E-state index in [4.69, 9.17) is 11.6 Å². The molecule has 0 radical (unpaired) electrons. The number of rotatable bonds is 6. The van der Waals surface area contributed by atoms with Crippen LogP contribution in [-0.2, 0) is 24.2 Å². The molecule has 1 aromatic heterocycles. The molecule has 32 heavy (non-hydrogen) atoms. The van der Waals surface area contributed by atoms with E-state index < -0.39 is 0 Å². The molecule has 0 saturated carbocycles. The molecule has 1 aliphatic rings. The topological polar surface area (TPSA) is 34.0 Å². The fraction of sp³-hybridized carbons (Fsp3) is 0.250. The molecule has 0 saturated heterocycles. The minimum absolute atomic E-state index is 0.120. The second kappa shape index (κ2) is 9.22. The van der Waals surface area contributed by atoms with Crippen molar-refractivity contribution in [1.29, 1.82) is 0 Å². The summed E-state index contributed by atoms with van der Waals surface area (Å²) >= 11 is 6.40. The van der Waals surface area contributed by atoms with Gasteiger partial charge in [0.1, 0.15) is 0 Å². The molecule has 1 N–H and O–H groups in total. The lowest BCUT2D eigenvalue weighted by molar-refractivity contribution is -0.121. The van der Waals surface area contributed by atoms with E-state index in [0.717, 1.165) is 36.3 Å². The first kappa shape index (κ1) is 20.8. The average molecular weight is 443 g/mol. The van der Waals surface area contributed by atoms with Crippen LogP contribution in [0.15, 0.2) is 79.0 Å². The summed E-state index contributed by atoms with van der Waals surface area (Å²) in [4.78, 5) is 12.8. The summed E-state index contributed by atoms with van der Waals surface area (Å²) in [6.07, 6.45) is 6.62. The number of nitrogens with zero attached hydrogens (tertiary/aromatic N) is 1. The van der Waals surface area contributed by atoms with Gasteiger partial charge in [0.05, 0.1) is 6.04 Å². The van der Waals surface area contributed by atoms with Crippen LogP contribution in [0.3, 0.4) is 0 Å². The SMILES string of the molecule is O=C(CCc1cn(Cc2ccccc2Cl)c2ccccc12)NC1CCCc2ccccc21. The Morgan fingerprint density at radius 3 is 2.66 bits per heavy atom. The number of nitrogens with one attached hydrogen (secondary N) is 1. The number of amides is 1. The van der Waals surface area contributed by atoms with E-state index in [1.807, 2.05) is 18.2 Å². The van der Waals surface area contributed by atoms with Crippen molar-refractivity contribution in [1.82, 2.24) is 9.88 Å². The fourth-order valence-corrected chi connectivity index (χ4v) is 5.08. The quantitative estimate of drug-likeness (QED) is 0.365. The summed E-state index contributed by atoms with van der Waals surface area (Å²) in [5, 5.41) is 5.27. The molecule has 1 atom stereocenters. The van der Waals surface area contributed by atoms with E-state index in [9.17, 15) is 4.79 Å². The van der Waals surface area contributed by atoms with Gasteiger partial charge in [-0.1, -0.05) is 72.3 Å². The summed E-state index contributed by atoms with van der Waals surface area (Å²) in [6.45, 7) is 0.714. The standard InChI is InChI=1S/C28H27ClN2O/c29-25-13-5-2-9-22(25)19-31-18-21(24-12-4-6-15-27(24)31)16-17-28(32)30-26-14-7-10-20-8-1-3-11-23(20)26/h1-6,8-9,11-13,15,18,26H,7,10,14,16-17,19H2,(H,30,32). The minimum Gasteiger partial charge on any atom is -0.349 e. The Hall–Kier alpha value is -3.04. The van der Waals surface area contributed by atoms with Crippen molar-refractivity contribution in [3.63, 3.8) is 0 Å². The molecule has 162 valence electrons. The van der Waals surface area contributed by atoms with Gasteiger partial charge in [-0.2, -0.15) is 0 Å². The summed E-state index contributed by atoms with van der Waals surface area (Å²) in [5.41, 5.74) is 6.11. The number of benzene rings is 3. The smallest absolute Gasteiger partial charge is 0.220 e. The van der Waals surface area contributed by atoms with Crippen molar-refractivity contribution < 1.29 is 4.79 Å². The first-order chi connectivity index (χ1) is 15.7. The van der Waals surface area contributed by atoms with Gasteiger partial charge in [0.2, 0.25) is 5.91 Å². The van der Waals surface area contributed by atoms with Gasteiger partial charge < -0.3 is 9.88 Å². The average Bonchev–Trinajstić information content (AvgIpc) is 3.17. The van der Waals surface area contributed by atoms with Gasteiger partial charge in [0.25, 0.3) is 0 Å². The van der Waals surface area contributed by atoms with E-state index in [2.05, 4.69) is 70.7 Å². The van der Waals surface area contributed by atoms with Crippen molar-refractivity contribution >= 4 is 28.4 Å². The van der Waals surface area contributed by atoms with E-state index in [0.29, 0.717) is 13.0 Å². The van der Waals surface area contributed by atoms with Crippen LogP contribution in [0, 0.1) is 0 Å². The third-order valence-corrected chi connectivity index (χ3v) is 6.86. The molecule has 0 bridgehead atoms. The summed E-state index contributed by atoms with van der Waals surface area (Å²) in [5.74, 6) is 0.120. The monoisotopic (exact) mass is 442 g/mol. The van der Waals surface area contributed by atoms with Gasteiger partial charge in [0, 0.05) is 35.1 Å². The molecule has 0 spiro atoms. The van der Waals surface area contributed by atoms with Crippen molar-refractivity contribution in [2.45, 2.75) is 44.7 Å². The fourth-order valence-electron chi connectivity index (χ4n) is 4.88. The molecule has 1 unspecified atom stereocenters. The first-order valence-electron chi connectivity index (χ1n) is 11.4. The highest BCUT2D eigenvalue weighted by Crippen LogP contribution is 2.30. The zero-order valence-corrected chi connectivity index (χ0v) is 18.8. The number of hydrogen-bond donors (Lipinski definition) is 1. The molecular weight excluding hydrogens is 416 g/mol. The Balaban J connectivity index is 1.31. The molecule has 5 rings (SSSR count). The normalized spacial score (nSPS) is 15.5. The predicted octanol–water partition coefficient (Wildman–Crippen LogP) is 6.47. The molecule has 1 heterocycles. The maximum atomic E-state index is 12.8. The Kier molecular flexibility index (Phi) is 6.00. The molecule has 1 aliphatic carbocycles. The maximum Gasteiger partial charge on any atom is 0.220 e. The second-order valence-electron chi connectivity index (χ2n) is 8.60.